The molecule has 2 fully saturated rings. The summed E-state index contributed by atoms with van der Waals surface area (Å²) >= 11 is 0. The van der Waals surface area contributed by atoms with E-state index in [1.807, 2.05) is 0 Å². The Morgan fingerprint density at radius 3 is 2.50 bits per heavy atom. The van der Waals surface area contributed by atoms with Gasteiger partial charge in [-0.2, -0.15) is 0 Å². The van der Waals surface area contributed by atoms with Crippen molar-refractivity contribution in [1.82, 2.24) is 10.6 Å². The highest BCUT2D eigenvalue weighted by atomic mass is 15.3. The fraction of sp³-hybridized carbons (Fsp3) is 1.00. The van der Waals surface area contributed by atoms with E-state index in [0.29, 0.717) is 11.7 Å². The maximum atomic E-state index is 3.49. The molecule has 1 aliphatic heterocycles. The van der Waals surface area contributed by atoms with Gasteiger partial charge in [-0.05, 0) is 19.8 Å². The molecular weight excluding hydrogens is 100 g/mol. The third-order valence-corrected chi connectivity index (χ3v) is 2.02. The Labute approximate surface area is 49.7 Å². The Bertz CT molecular complexity index is 107. The second-order valence-corrected chi connectivity index (χ2v) is 3.01. The molecule has 1 atom stereocenters. The van der Waals surface area contributed by atoms with Gasteiger partial charge in [-0.25, -0.2) is 0 Å². The summed E-state index contributed by atoms with van der Waals surface area (Å²) in [7, 11) is 0. The summed E-state index contributed by atoms with van der Waals surface area (Å²) in [6.07, 6.45) is 2.66. The van der Waals surface area contributed by atoms with Crippen LogP contribution in [0.3, 0.4) is 0 Å². The van der Waals surface area contributed by atoms with Gasteiger partial charge in [-0.1, -0.05) is 0 Å². The maximum Gasteiger partial charge on any atom is 0.0692 e. The summed E-state index contributed by atoms with van der Waals surface area (Å²) in [6.45, 7) is 3.38. The van der Waals surface area contributed by atoms with Crippen LogP contribution in [0.4, 0.5) is 0 Å². The Kier molecular flexibility index (Phi) is 0.746. The van der Waals surface area contributed by atoms with Gasteiger partial charge in [0.1, 0.15) is 0 Å². The van der Waals surface area contributed by atoms with Crippen LogP contribution in [-0.4, -0.2) is 18.2 Å². The average molecular weight is 112 g/mol. The van der Waals surface area contributed by atoms with Gasteiger partial charge in [0.25, 0.3) is 0 Å². The molecule has 8 heavy (non-hydrogen) atoms. The van der Waals surface area contributed by atoms with E-state index in [9.17, 15) is 0 Å². The van der Waals surface area contributed by atoms with Crippen molar-refractivity contribution in [1.29, 1.82) is 0 Å². The van der Waals surface area contributed by atoms with E-state index in [-0.39, 0.29) is 0 Å². The normalized spacial score (nSPS) is 40.9. The zero-order valence-electron chi connectivity index (χ0n) is 5.20. The first-order valence-corrected chi connectivity index (χ1v) is 3.33. The van der Waals surface area contributed by atoms with Gasteiger partial charge in [0.05, 0.1) is 5.66 Å². The smallest absolute Gasteiger partial charge is 0.0692 e. The standard InChI is InChI=1S/C6H12N2/c1-5-4-7-6(8-5)2-3-6/h5,7-8H,2-4H2,1H3/t5-/m0/s1. The summed E-state index contributed by atoms with van der Waals surface area (Å²) in [4.78, 5) is 0. The van der Waals surface area contributed by atoms with E-state index in [1.54, 1.807) is 0 Å². The summed E-state index contributed by atoms with van der Waals surface area (Å²) < 4.78 is 0. The molecule has 2 rings (SSSR count). The van der Waals surface area contributed by atoms with Gasteiger partial charge < -0.3 is 0 Å². The van der Waals surface area contributed by atoms with Crippen molar-refractivity contribution in [3.63, 3.8) is 0 Å². The van der Waals surface area contributed by atoms with Crippen molar-refractivity contribution in [2.75, 3.05) is 6.54 Å². The second kappa shape index (κ2) is 1.25. The highest BCUT2D eigenvalue weighted by molar-refractivity contribution is 5.05. The fourth-order valence-corrected chi connectivity index (χ4v) is 1.37. The molecule has 2 aliphatic rings. The molecule has 1 heterocycles. The Morgan fingerprint density at radius 2 is 2.25 bits per heavy atom. The fourth-order valence-electron chi connectivity index (χ4n) is 1.37. The Morgan fingerprint density at radius 1 is 1.50 bits per heavy atom. The van der Waals surface area contributed by atoms with E-state index < -0.39 is 0 Å². The highest BCUT2D eigenvalue weighted by Gasteiger charge is 2.46. The first-order chi connectivity index (χ1) is 3.81. The highest BCUT2D eigenvalue weighted by Crippen LogP contribution is 2.34. The topological polar surface area (TPSA) is 24.1 Å². The first kappa shape index (κ1) is 4.77. The quantitative estimate of drug-likeness (QED) is 0.463. The minimum absolute atomic E-state index is 0.416. The van der Waals surface area contributed by atoms with Crippen LogP contribution in [-0.2, 0) is 0 Å². The van der Waals surface area contributed by atoms with Crippen molar-refractivity contribution in [3.05, 3.63) is 0 Å². The largest absolute Gasteiger partial charge is 0.298 e. The van der Waals surface area contributed by atoms with Crippen molar-refractivity contribution in [2.24, 2.45) is 0 Å². The summed E-state index contributed by atoms with van der Waals surface area (Å²) in [5.74, 6) is 0. The zero-order valence-corrected chi connectivity index (χ0v) is 5.20. The molecule has 0 aromatic rings. The number of hydrogen-bond donors (Lipinski definition) is 2. The summed E-state index contributed by atoms with van der Waals surface area (Å²) in [5, 5.41) is 6.94. The lowest BCUT2D eigenvalue weighted by atomic mass is 10.4. The van der Waals surface area contributed by atoms with E-state index in [0.717, 1.165) is 6.54 Å². The van der Waals surface area contributed by atoms with Gasteiger partial charge in [-0.3, -0.25) is 10.6 Å². The zero-order chi connectivity index (χ0) is 5.61. The Hall–Kier alpha value is -0.0800. The van der Waals surface area contributed by atoms with Gasteiger partial charge in [0.2, 0.25) is 0 Å². The monoisotopic (exact) mass is 112 g/mol. The molecule has 2 nitrogen and oxygen atoms in total. The van der Waals surface area contributed by atoms with Gasteiger partial charge >= 0.3 is 0 Å². The van der Waals surface area contributed by atoms with Crippen molar-refractivity contribution >= 4 is 0 Å². The van der Waals surface area contributed by atoms with Gasteiger partial charge in [-0.15, -0.1) is 0 Å². The van der Waals surface area contributed by atoms with Crippen LogP contribution in [0.1, 0.15) is 19.8 Å². The van der Waals surface area contributed by atoms with E-state index in [1.165, 1.54) is 12.8 Å². The van der Waals surface area contributed by atoms with E-state index in [2.05, 4.69) is 17.6 Å². The summed E-state index contributed by atoms with van der Waals surface area (Å²) in [6, 6.07) is 0.692. The second-order valence-electron chi connectivity index (χ2n) is 3.01. The van der Waals surface area contributed by atoms with Crippen molar-refractivity contribution < 1.29 is 0 Å². The molecule has 0 radical (unpaired) electrons. The first-order valence-electron chi connectivity index (χ1n) is 3.33. The molecule has 0 bridgehead atoms. The molecule has 2 heteroatoms. The van der Waals surface area contributed by atoms with Crippen LogP contribution < -0.4 is 10.6 Å². The molecule has 0 aromatic heterocycles. The van der Waals surface area contributed by atoms with Gasteiger partial charge in [0.15, 0.2) is 0 Å². The lowest BCUT2D eigenvalue weighted by molar-refractivity contribution is 0.519. The molecule has 0 aromatic carbocycles. The number of nitrogens with one attached hydrogen (secondary N) is 2. The van der Waals surface area contributed by atoms with Crippen molar-refractivity contribution in [2.45, 2.75) is 31.5 Å². The molecule has 46 valence electrons. The van der Waals surface area contributed by atoms with Crippen LogP contribution in [0.15, 0.2) is 0 Å². The predicted octanol–water partition coefficient (Wildman–Crippen LogP) is 0.0578. The van der Waals surface area contributed by atoms with Crippen LogP contribution in [0, 0.1) is 0 Å². The van der Waals surface area contributed by atoms with Gasteiger partial charge in [0, 0.05) is 12.6 Å². The molecule has 1 saturated heterocycles. The number of hydrogen-bond acceptors (Lipinski definition) is 2. The SMILES string of the molecule is C[C@H]1CNC2(CC2)N1. The average Bonchev–Trinajstić information content (AvgIpc) is 2.34. The summed E-state index contributed by atoms with van der Waals surface area (Å²) in [5.41, 5.74) is 0.416. The molecule has 2 N–H and O–H groups in total. The van der Waals surface area contributed by atoms with Crippen LogP contribution in [0.5, 0.6) is 0 Å². The third-order valence-electron chi connectivity index (χ3n) is 2.02. The maximum absolute atomic E-state index is 3.49. The van der Waals surface area contributed by atoms with Crippen molar-refractivity contribution in [3.8, 4) is 0 Å². The lowest BCUT2D eigenvalue weighted by Gasteiger charge is -2.05. The molecule has 0 amide bonds. The van der Waals surface area contributed by atoms with Crippen LogP contribution in [0.25, 0.3) is 0 Å². The minimum Gasteiger partial charge on any atom is -0.298 e. The molecule has 1 spiro atoms. The van der Waals surface area contributed by atoms with Crippen LogP contribution in [0.2, 0.25) is 0 Å². The molecular formula is C6H12N2. The van der Waals surface area contributed by atoms with Crippen LogP contribution >= 0.6 is 0 Å². The van der Waals surface area contributed by atoms with E-state index >= 15 is 0 Å². The predicted molar refractivity (Wildman–Crippen MR) is 32.6 cm³/mol. The molecule has 0 unspecified atom stereocenters. The third kappa shape index (κ3) is 0.565. The van der Waals surface area contributed by atoms with E-state index in [4.69, 9.17) is 0 Å². The number of rotatable bonds is 0. The lowest BCUT2D eigenvalue weighted by Crippen LogP contribution is -2.34. The minimum atomic E-state index is 0.416. The molecule has 1 saturated carbocycles. The molecule has 1 aliphatic carbocycles. The Balaban J connectivity index is 2.03.